The molecule has 3 nitrogen and oxygen atoms in total. The molecule has 0 bridgehead atoms. The van der Waals surface area contributed by atoms with E-state index in [2.05, 4.69) is 31.4 Å². The van der Waals surface area contributed by atoms with Gasteiger partial charge < -0.3 is 10.6 Å². The van der Waals surface area contributed by atoms with E-state index in [0.717, 1.165) is 32.4 Å². The Labute approximate surface area is 105 Å². The van der Waals surface area contributed by atoms with E-state index in [1.165, 1.54) is 0 Å². The second-order valence-electron chi connectivity index (χ2n) is 5.65. The number of rotatable bonds is 3. The van der Waals surface area contributed by atoms with Crippen LogP contribution in [-0.4, -0.2) is 25.0 Å². The average Bonchev–Trinajstić information content (AvgIpc) is 2.15. The first-order valence-electron chi connectivity index (χ1n) is 5.97. The second-order valence-corrected chi connectivity index (χ2v) is 5.65. The van der Waals surface area contributed by atoms with E-state index in [9.17, 15) is 4.79 Å². The molecule has 0 saturated carbocycles. The fourth-order valence-electron chi connectivity index (χ4n) is 1.75. The van der Waals surface area contributed by atoms with Crippen molar-refractivity contribution in [2.24, 2.45) is 5.41 Å². The molecule has 1 aliphatic heterocycles. The highest BCUT2D eigenvalue weighted by Crippen LogP contribution is 2.20. The first-order valence-corrected chi connectivity index (χ1v) is 5.97. The number of amides is 1. The van der Waals surface area contributed by atoms with Crippen molar-refractivity contribution in [3.05, 3.63) is 0 Å². The highest BCUT2D eigenvalue weighted by atomic mass is 35.5. The zero-order chi connectivity index (χ0) is 11.3. The van der Waals surface area contributed by atoms with Crippen molar-refractivity contribution in [1.82, 2.24) is 10.6 Å². The summed E-state index contributed by atoms with van der Waals surface area (Å²) in [5.41, 5.74) is 0.255. The normalized spacial score (nSPS) is 17.7. The average molecular weight is 249 g/mol. The van der Waals surface area contributed by atoms with Crippen LogP contribution < -0.4 is 10.6 Å². The van der Waals surface area contributed by atoms with Crippen LogP contribution in [0.15, 0.2) is 0 Å². The van der Waals surface area contributed by atoms with E-state index >= 15 is 0 Å². The first kappa shape index (κ1) is 15.7. The van der Waals surface area contributed by atoms with Gasteiger partial charge in [-0.25, -0.2) is 0 Å². The summed E-state index contributed by atoms with van der Waals surface area (Å²) in [7, 11) is 0. The minimum Gasteiger partial charge on any atom is -0.353 e. The maximum Gasteiger partial charge on any atom is 0.220 e. The highest BCUT2D eigenvalue weighted by Gasteiger charge is 2.17. The third-order valence-corrected chi connectivity index (χ3v) is 2.81. The van der Waals surface area contributed by atoms with Gasteiger partial charge in [-0.1, -0.05) is 20.8 Å². The van der Waals surface area contributed by atoms with Crippen LogP contribution in [-0.2, 0) is 4.79 Å². The standard InChI is InChI=1S/C12H24N2O.ClH/c1-12(2,3)7-4-11(15)14-10-5-8-13-9-6-10;/h10,13H,4-9H2,1-3H3,(H,14,15);1H. The maximum absolute atomic E-state index is 11.6. The largest absolute Gasteiger partial charge is 0.353 e. The summed E-state index contributed by atoms with van der Waals surface area (Å²) in [5, 5.41) is 6.41. The number of carbonyl (C=O) groups excluding carboxylic acids is 1. The summed E-state index contributed by atoms with van der Waals surface area (Å²) in [6.07, 6.45) is 3.76. The second kappa shape index (κ2) is 7.13. The number of hydrogen-bond donors (Lipinski definition) is 2. The van der Waals surface area contributed by atoms with E-state index in [4.69, 9.17) is 0 Å². The molecule has 0 radical (unpaired) electrons. The van der Waals surface area contributed by atoms with E-state index in [1.54, 1.807) is 0 Å². The molecule has 4 heteroatoms. The molecule has 1 saturated heterocycles. The molecule has 0 spiro atoms. The number of halogens is 1. The highest BCUT2D eigenvalue weighted by molar-refractivity contribution is 5.85. The van der Waals surface area contributed by atoms with Crippen molar-refractivity contribution in [2.45, 2.75) is 52.5 Å². The predicted octanol–water partition coefficient (Wildman–Crippen LogP) is 2.10. The Morgan fingerprint density at radius 1 is 1.31 bits per heavy atom. The van der Waals surface area contributed by atoms with Gasteiger partial charge in [-0.05, 0) is 37.8 Å². The van der Waals surface area contributed by atoms with Gasteiger partial charge in [-0.15, -0.1) is 12.4 Å². The SMILES string of the molecule is CC(C)(C)CCC(=O)NC1CCNCC1.Cl. The van der Waals surface area contributed by atoms with Gasteiger partial charge in [0.1, 0.15) is 0 Å². The molecule has 1 fully saturated rings. The van der Waals surface area contributed by atoms with Crippen molar-refractivity contribution < 1.29 is 4.79 Å². The predicted molar refractivity (Wildman–Crippen MR) is 70.0 cm³/mol. The smallest absolute Gasteiger partial charge is 0.220 e. The van der Waals surface area contributed by atoms with E-state index in [0.29, 0.717) is 12.5 Å². The van der Waals surface area contributed by atoms with Crippen LogP contribution >= 0.6 is 12.4 Å². The number of nitrogens with one attached hydrogen (secondary N) is 2. The van der Waals surface area contributed by atoms with Crippen LogP contribution in [0.4, 0.5) is 0 Å². The van der Waals surface area contributed by atoms with Gasteiger partial charge in [-0.2, -0.15) is 0 Å². The Bertz CT molecular complexity index is 208. The molecule has 0 atom stereocenters. The van der Waals surface area contributed by atoms with E-state index in [1.807, 2.05) is 0 Å². The zero-order valence-corrected chi connectivity index (χ0v) is 11.5. The Balaban J connectivity index is 0.00000225. The van der Waals surface area contributed by atoms with Gasteiger partial charge in [-0.3, -0.25) is 4.79 Å². The monoisotopic (exact) mass is 248 g/mol. The number of hydrogen-bond acceptors (Lipinski definition) is 2. The zero-order valence-electron chi connectivity index (χ0n) is 10.6. The third-order valence-electron chi connectivity index (χ3n) is 2.81. The van der Waals surface area contributed by atoms with Crippen LogP contribution in [0.3, 0.4) is 0 Å². The molecule has 0 aliphatic carbocycles. The minimum absolute atomic E-state index is 0. The Morgan fingerprint density at radius 3 is 2.38 bits per heavy atom. The van der Waals surface area contributed by atoms with Crippen molar-refractivity contribution in [3.8, 4) is 0 Å². The molecule has 16 heavy (non-hydrogen) atoms. The topological polar surface area (TPSA) is 41.1 Å². The van der Waals surface area contributed by atoms with Gasteiger partial charge in [0, 0.05) is 12.5 Å². The van der Waals surface area contributed by atoms with Gasteiger partial charge in [0.05, 0.1) is 0 Å². The molecule has 1 amide bonds. The molecule has 0 aromatic rings. The van der Waals surface area contributed by atoms with Gasteiger partial charge >= 0.3 is 0 Å². The summed E-state index contributed by atoms with van der Waals surface area (Å²) in [4.78, 5) is 11.6. The fraction of sp³-hybridized carbons (Fsp3) is 0.917. The number of carbonyl (C=O) groups is 1. The molecule has 1 heterocycles. The molecule has 2 N–H and O–H groups in total. The van der Waals surface area contributed by atoms with E-state index in [-0.39, 0.29) is 23.7 Å². The van der Waals surface area contributed by atoms with Crippen molar-refractivity contribution in [1.29, 1.82) is 0 Å². The van der Waals surface area contributed by atoms with Crippen molar-refractivity contribution in [3.63, 3.8) is 0 Å². The molecular formula is C12H25ClN2O. The van der Waals surface area contributed by atoms with Crippen molar-refractivity contribution in [2.75, 3.05) is 13.1 Å². The molecule has 0 unspecified atom stereocenters. The summed E-state index contributed by atoms with van der Waals surface area (Å²) < 4.78 is 0. The van der Waals surface area contributed by atoms with Crippen LogP contribution in [0.2, 0.25) is 0 Å². The Kier molecular flexibility index (Phi) is 7.00. The summed E-state index contributed by atoms with van der Waals surface area (Å²) in [6, 6.07) is 0.402. The van der Waals surface area contributed by atoms with Crippen LogP contribution in [0, 0.1) is 5.41 Å². The summed E-state index contributed by atoms with van der Waals surface area (Å²) in [6.45, 7) is 8.58. The quantitative estimate of drug-likeness (QED) is 0.803. The molecular weight excluding hydrogens is 224 g/mol. The van der Waals surface area contributed by atoms with Crippen LogP contribution in [0.5, 0.6) is 0 Å². The Morgan fingerprint density at radius 2 is 1.88 bits per heavy atom. The molecule has 0 aromatic heterocycles. The van der Waals surface area contributed by atoms with Gasteiger partial charge in [0.2, 0.25) is 5.91 Å². The maximum atomic E-state index is 11.6. The van der Waals surface area contributed by atoms with Crippen molar-refractivity contribution >= 4 is 18.3 Å². The summed E-state index contributed by atoms with van der Waals surface area (Å²) >= 11 is 0. The molecule has 1 rings (SSSR count). The molecule has 0 aromatic carbocycles. The van der Waals surface area contributed by atoms with E-state index < -0.39 is 0 Å². The Hall–Kier alpha value is -0.280. The van der Waals surface area contributed by atoms with Gasteiger partial charge in [0.25, 0.3) is 0 Å². The number of piperidine rings is 1. The lowest BCUT2D eigenvalue weighted by Crippen LogP contribution is -2.42. The lowest BCUT2D eigenvalue weighted by atomic mass is 9.90. The lowest BCUT2D eigenvalue weighted by molar-refractivity contribution is -0.122. The first-order chi connectivity index (χ1) is 6.97. The minimum atomic E-state index is 0. The lowest BCUT2D eigenvalue weighted by Gasteiger charge is -2.24. The summed E-state index contributed by atoms with van der Waals surface area (Å²) in [5.74, 6) is 0.219. The molecule has 96 valence electrons. The third kappa shape index (κ3) is 7.07. The fourth-order valence-corrected chi connectivity index (χ4v) is 1.75. The van der Waals surface area contributed by atoms with Crippen LogP contribution in [0.1, 0.15) is 46.5 Å². The van der Waals surface area contributed by atoms with Gasteiger partial charge in [0.15, 0.2) is 0 Å². The molecule has 1 aliphatic rings. The van der Waals surface area contributed by atoms with Crippen LogP contribution in [0.25, 0.3) is 0 Å².